The second-order valence-corrected chi connectivity index (χ2v) is 11.7. The van der Waals surface area contributed by atoms with Crippen molar-refractivity contribution in [3.8, 4) is 16.9 Å². The van der Waals surface area contributed by atoms with Gasteiger partial charge in [-0.25, -0.2) is 8.42 Å². The summed E-state index contributed by atoms with van der Waals surface area (Å²) in [5.74, 6) is -0.225. The third-order valence-electron chi connectivity index (χ3n) is 7.06. The topological polar surface area (TPSA) is 135 Å². The van der Waals surface area contributed by atoms with Crippen LogP contribution in [0, 0.1) is 6.92 Å². The fourth-order valence-electron chi connectivity index (χ4n) is 4.94. The van der Waals surface area contributed by atoms with E-state index >= 15 is 0 Å². The van der Waals surface area contributed by atoms with E-state index in [-0.39, 0.29) is 19.1 Å². The zero-order valence-electron chi connectivity index (χ0n) is 22.2. The van der Waals surface area contributed by atoms with E-state index < -0.39 is 15.9 Å². The average Bonchev–Trinajstić information content (AvgIpc) is 3.38. The summed E-state index contributed by atoms with van der Waals surface area (Å²) in [6, 6.07) is 20.3. The molecule has 0 unspecified atom stereocenters. The number of hydrogen-bond acceptors (Lipinski definition) is 5. The number of benzene rings is 3. The van der Waals surface area contributed by atoms with E-state index in [1.54, 1.807) is 18.2 Å². The first-order chi connectivity index (χ1) is 19.1. The molecule has 4 N–H and O–H groups in total. The van der Waals surface area contributed by atoms with Crippen molar-refractivity contribution in [3.63, 3.8) is 0 Å². The predicted molar refractivity (Wildman–Crippen MR) is 157 cm³/mol. The molecule has 9 nitrogen and oxygen atoms in total. The number of aromatic nitrogens is 1. The summed E-state index contributed by atoms with van der Waals surface area (Å²) in [5, 5.41) is 3.74. The highest BCUT2D eigenvalue weighted by Crippen LogP contribution is 2.37. The molecule has 0 fully saturated rings. The highest BCUT2D eigenvalue weighted by molar-refractivity contribution is 7.88. The number of sulfonamides is 1. The molecule has 0 saturated carbocycles. The van der Waals surface area contributed by atoms with Gasteiger partial charge < -0.3 is 20.8 Å². The lowest BCUT2D eigenvalue weighted by Crippen LogP contribution is -2.33. The highest BCUT2D eigenvalue weighted by Gasteiger charge is 2.23. The molecule has 2 heterocycles. The molecule has 1 aliphatic heterocycles. The first-order valence-electron chi connectivity index (χ1n) is 12.8. The van der Waals surface area contributed by atoms with Gasteiger partial charge in [-0.15, -0.1) is 0 Å². The zero-order valence-corrected chi connectivity index (χ0v) is 23.0. The van der Waals surface area contributed by atoms with Crippen LogP contribution < -0.4 is 15.8 Å². The summed E-state index contributed by atoms with van der Waals surface area (Å²) in [6.07, 6.45) is 3.62. The summed E-state index contributed by atoms with van der Waals surface area (Å²) in [4.78, 5) is 28.3. The summed E-state index contributed by atoms with van der Waals surface area (Å²) in [6.45, 7) is 2.46. The number of amides is 2. The van der Waals surface area contributed by atoms with Crippen LogP contribution in [0.25, 0.3) is 27.6 Å². The van der Waals surface area contributed by atoms with Crippen LogP contribution in [0.3, 0.4) is 0 Å². The lowest BCUT2D eigenvalue weighted by molar-refractivity contribution is -0.118. The summed E-state index contributed by atoms with van der Waals surface area (Å²) >= 11 is 0. The number of rotatable bonds is 8. The van der Waals surface area contributed by atoms with Gasteiger partial charge in [-0.3, -0.25) is 9.59 Å². The fourth-order valence-corrected chi connectivity index (χ4v) is 5.71. The lowest BCUT2D eigenvalue weighted by Gasteiger charge is -2.23. The standard InChI is InChI=1S/C30H30N4O5S/c1-19-22(9-6-10-26(19)32-28(35)18-39-21-7-4-3-5-8-21)23-11-12-24(30(31)36)29-25(23)17-27(33-29)20-13-15-34(16-14-20)40(2,37)38/h3-13,17,33H,14-16,18H2,1-2H3,(H2,31,36)(H,32,35). The Morgan fingerprint density at radius 3 is 2.50 bits per heavy atom. The second kappa shape index (κ2) is 11.0. The van der Waals surface area contributed by atoms with Crippen LogP contribution in [0.1, 0.15) is 28.0 Å². The fraction of sp³-hybridized carbons (Fsp3) is 0.200. The molecule has 5 rings (SSSR count). The quantitative estimate of drug-likeness (QED) is 0.296. The van der Waals surface area contributed by atoms with Crippen molar-refractivity contribution in [1.29, 1.82) is 0 Å². The van der Waals surface area contributed by atoms with Crippen molar-refractivity contribution in [2.45, 2.75) is 13.3 Å². The number of anilines is 1. The predicted octanol–water partition coefficient (Wildman–Crippen LogP) is 4.31. The number of para-hydroxylation sites is 1. The number of nitrogens with two attached hydrogens (primary N) is 1. The van der Waals surface area contributed by atoms with Gasteiger partial charge in [-0.2, -0.15) is 4.31 Å². The Kier molecular flexibility index (Phi) is 7.46. The van der Waals surface area contributed by atoms with Crippen LogP contribution in [0.5, 0.6) is 5.75 Å². The van der Waals surface area contributed by atoms with Crippen molar-refractivity contribution in [2.24, 2.45) is 5.73 Å². The van der Waals surface area contributed by atoms with Crippen LogP contribution in [0.15, 0.2) is 72.8 Å². The van der Waals surface area contributed by atoms with Crippen LogP contribution in [-0.4, -0.2) is 55.5 Å². The van der Waals surface area contributed by atoms with Crippen LogP contribution in [-0.2, 0) is 14.8 Å². The molecule has 0 spiro atoms. The molecular formula is C30H30N4O5S. The largest absolute Gasteiger partial charge is 0.484 e. The number of ether oxygens (including phenoxy) is 1. The minimum atomic E-state index is -3.27. The van der Waals surface area contributed by atoms with Crippen LogP contribution in [0.4, 0.5) is 5.69 Å². The Balaban J connectivity index is 1.47. The van der Waals surface area contributed by atoms with E-state index in [1.807, 2.05) is 61.5 Å². The smallest absolute Gasteiger partial charge is 0.262 e. The average molecular weight is 559 g/mol. The molecule has 4 aromatic rings. The van der Waals surface area contributed by atoms with Gasteiger partial charge in [0.05, 0.1) is 17.3 Å². The molecule has 0 radical (unpaired) electrons. The van der Waals surface area contributed by atoms with Crippen molar-refractivity contribution in [2.75, 3.05) is 31.3 Å². The minimum Gasteiger partial charge on any atom is -0.484 e. The Labute approximate surface area is 232 Å². The number of H-pyrrole nitrogens is 1. The third-order valence-corrected chi connectivity index (χ3v) is 8.33. The molecular weight excluding hydrogens is 528 g/mol. The number of nitrogens with zero attached hydrogens (tertiary/aromatic N) is 1. The van der Waals surface area contributed by atoms with Gasteiger partial charge in [0.25, 0.3) is 11.8 Å². The molecule has 10 heteroatoms. The number of carbonyl (C=O) groups excluding carboxylic acids is 2. The molecule has 0 atom stereocenters. The number of primary amides is 1. The van der Waals surface area contributed by atoms with Crippen LogP contribution in [0.2, 0.25) is 0 Å². The van der Waals surface area contributed by atoms with Gasteiger partial charge in [0.2, 0.25) is 10.0 Å². The van der Waals surface area contributed by atoms with Crippen molar-refractivity contribution >= 4 is 44.0 Å². The second-order valence-electron chi connectivity index (χ2n) is 9.73. The number of fused-ring (bicyclic) bond motifs is 1. The number of aromatic amines is 1. The molecule has 1 aliphatic rings. The van der Waals surface area contributed by atoms with Gasteiger partial charge in [0.1, 0.15) is 5.75 Å². The maximum absolute atomic E-state index is 12.6. The lowest BCUT2D eigenvalue weighted by atomic mass is 9.94. The Hall–Kier alpha value is -4.41. The van der Waals surface area contributed by atoms with Crippen molar-refractivity contribution < 1.29 is 22.7 Å². The minimum absolute atomic E-state index is 0.127. The third kappa shape index (κ3) is 5.63. The number of hydrogen-bond donors (Lipinski definition) is 3. The SMILES string of the molecule is Cc1c(NC(=O)COc2ccccc2)cccc1-c1ccc(C(N)=O)c2[nH]c(C3=CCN(S(C)(=O)=O)CC3)cc12. The van der Waals surface area contributed by atoms with Gasteiger partial charge >= 0.3 is 0 Å². The van der Waals surface area contributed by atoms with Crippen LogP contribution >= 0.6 is 0 Å². The zero-order chi connectivity index (χ0) is 28.4. The van der Waals surface area contributed by atoms with Gasteiger partial charge in [-0.1, -0.05) is 42.5 Å². The summed E-state index contributed by atoms with van der Waals surface area (Å²) < 4.78 is 30.8. The van der Waals surface area contributed by atoms with E-state index in [2.05, 4.69) is 10.3 Å². The molecule has 0 saturated heterocycles. The first-order valence-corrected chi connectivity index (χ1v) is 14.6. The van der Waals surface area contributed by atoms with Crippen molar-refractivity contribution in [3.05, 3.63) is 89.6 Å². The van der Waals surface area contributed by atoms with Gasteiger partial charge in [-0.05, 0) is 65.9 Å². The molecule has 206 valence electrons. The van der Waals surface area contributed by atoms with E-state index in [4.69, 9.17) is 10.5 Å². The van der Waals surface area contributed by atoms with Crippen molar-refractivity contribution in [1.82, 2.24) is 9.29 Å². The number of nitrogens with one attached hydrogen (secondary N) is 2. The van der Waals surface area contributed by atoms with E-state index in [0.29, 0.717) is 35.5 Å². The highest BCUT2D eigenvalue weighted by atomic mass is 32.2. The molecule has 2 amide bonds. The maximum atomic E-state index is 12.6. The molecule has 40 heavy (non-hydrogen) atoms. The summed E-state index contributed by atoms with van der Waals surface area (Å²) in [5.41, 5.74) is 11.7. The number of carbonyl (C=O) groups is 2. The monoisotopic (exact) mass is 558 g/mol. The normalized spacial score (nSPS) is 14.1. The van der Waals surface area contributed by atoms with E-state index in [9.17, 15) is 18.0 Å². The van der Waals surface area contributed by atoms with Gasteiger partial charge in [0.15, 0.2) is 6.61 Å². The first kappa shape index (κ1) is 27.2. The molecule has 0 aliphatic carbocycles. The Morgan fingerprint density at radius 1 is 1.05 bits per heavy atom. The molecule has 1 aromatic heterocycles. The Morgan fingerprint density at radius 2 is 1.82 bits per heavy atom. The van der Waals surface area contributed by atoms with E-state index in [1.165, 1.54) is 10.6 Å². The summed E-state index contributed by atoms with van der Waals surface area (Å²) in [7, 11) is -3.27. The molecule has 0 bridgehead atoms. The van der Waals surface area contributed by atoms with E-state index in [0.717, 1.165) is 33.3 Å². The maximum Gasteiger partial charge on any atom is 0.262 e. The van der Waals surface area contributed by atoms with Gasteiger partial charge in [0, 0.05) is 29.9 Å². The molecule has 3 aromatic carbocycles. The Bertz CT molecular complexity index is 1740.